The monoisotopic (exact) mass is 1160 g/mol. The van der Waals surface area contributed by atoms with Crippen molar-refractivity contribution in [3.63, 3.8) is 0 Å². The number of rotatable bonds is 12. The Morgan fingerprint density at radius 3 is 0.593 bits per heavy atom. The van der Waals surface area contributed by atoms with Crippen molar-refractivity contribution in [1.82, 2.24) is 42.5 Å². The molecule has 0 aromatic rings. The summed E-state index contributed by atoms with van der Waals surface area (Å²) in [5, 5.41) is 54.7. The van der Waals surface area contributed by atoms with Gasteiger partial charge < -0.3 is 87.4 Å². The third-order valence-corrected chi connectivity index (χ3v) is 15.7. The molecule has 25 nitrogen and oxygen atoms in total. The number of ether oxygens (including phenoxy) is 4. The van der Waals surface area contributed by atoms with Gasteiger partial charge in [-0.15, -0.1) is 0 Å². The molecule has 4 heterocycles. The molecule has 25 heteroatoms. The van der Waals surface area contributed by atoms with E-state index in [0.29, 0.717) is 74.3 Å². The molecular formula is C56H102N8O17. The number of amides is 4. The van der Waals surface area contributed by atoms with E-state index >= 15 is 0 Å². The second kappa shape index (κ2) is 45.3. The lowest BCUT2D eigenvalue weighted by molar-refractivity contribution is -0.159. The van der Waals surface area contributed by atoms with Crippen LogP contribution in [0.5, 0.6) is 0 Å². The minimum atomic E-state index is -1.82. The zero-order chi connectivity index (χ0) is 58.0. The fourth-order valence-corrected chi connectivity index (χ4v) is 10.8. The minimum absolute atomic E-state index is 0. The fourth-order valence-electron chi connectivity index (χ4n) is 10.8. The van der Waals surface area contributed by atoms with Crippen LogP contribution in [-0.2, 0) is 38.1 Å². The van der Waals surface area contributed by atoms with Gasteiger partial charge in [0, 0.05) is 24.2 Å². The zero-order valence-corrected chi connectivity index (χ0v) is 48.1. The van der Waals surface area contributed by atoms with Crippen LogP contribution in [0, 0.1) is 23.7 Å². The van der Waals surface area contributed by atoms with E-state index in [0.717, 1.165) is 155 Å². The lowest BCUT2D eigenvalue weighted by Gasteiger charge is -2.24. The lowest BCUT2D eigenvalue weighted by Crippen LogP contribution is -2.38. The van der Waals surface area contributed by atoms with E-state index < -0.39 is 23.9 Å². The number of carboxylic acids is 4. The third kappa shape index (κ3) is 37.5. The second-order valence-corrected chi connectivity index (χ2v) is 22.3. The van der Waals surface area contributed by atoms with Gasteiger partial charge in [-0.1, -0.05) is 77.0 Å². The number of carboxylic acid groups (broad SMARTS) is 4. The van der Waals surface area contributed by atoms with Crippen LogP contribution in [0.25, 0.3) is 0 Å². The van der Waals surface area contributed by atoms with Gasteiger partial charge in [0.05, 0.1) is 26.4 Å². The number of hydrogen-bond acceptors (Lipinski definition) is 16. The van der Waals surface area contributed by atoms with E-state index in [1.165, 1.54) is 77.0 Å². The molecule has 4 saturated carbocycles. The summed E-state index contributed by atoms with van der Waals surface area (Å²) < 4.78 is 21.2. The topological polar surface area (TPSA) is 382 Å². The molecule has 0 aromatic carbocycles. The zero-order valence-electron chi connectivity index (χ0n) is 48.1. The maximum atomic E-state index is 11.6. The first kappa shape index (κ1) is 71.9. The van der Waals surface area contributed by atoms with Gasteiger partial charge in [-0.05, 0) is 179 Å². The molecule has 0 radical (unpaired) electrons. The minimum Gasteiger partial charge on any atom is -0.473 e. The molecule has 8 fully saturated rings. The number of carbonyl (C=O) groups excluding carboxylic acids is 4. The largest absolute Gasteiger partial charge is 0.473 e. The SMILES string of the molecule is O.O=C(NC1CCCCC1)OCC1CCNCC1.O=C(NC1CCCCC1)OCC1CCNCC1.O=C(NC1CCCCC1)OCC1CCNCC1.O=C(NC1CCCCC1)OCC1CCNCC1.O=C(O)C(=O)O.O=C(O)C(=O)O. The van der Waals surface area contributed by atoms with Gasteiger partial charge in [0.1, 0.15) is 0 Å². The number of alkyl carbamates (subject to hydrolysis) is 4. The number of nitrogens with one attached hydrogen (secondary N) is 8. The molecule has 0 bridgehead atoms. The van der Waals surface area contributed by atoms with Gasteiger partial charge in [0.25, 0.3) is 0 Å². The van der Waals surface area contributed by atoms with Crippen LogP contribution < -0.4 is 42.5 Å². The quantitative estimate of drug-likeness (QED) is 0.0827. The molecule has 4 aliphatic carbocycles. The molecule has 0 aromatic heterocycles. The maximum Gasteiger partial charge on any atom is 0.414 e. The van der Waals surface area contributed by atoms with Crippen LogP contribution in [0.15, 0.2) is 0 Å². The fraction of sp³-hybridized carbons (Fsp3) is 0.857. The first-order valence-corrected chi connectivity index (χ1v) is 30.1. The Labute approximate surface area is 479 Å². The molecule has 14 N–H and O–H groups in total. The van der Waals surface area contributed by atoms with Crippen molar-refractivity contribution in [3.05, 3.63) is 0 Å². The van der Waals surface area contributed by atoms with Crippen LogP contribution in [0.4, 0.5) is 19.2 Å². The Morgan fingerprint density at radius 2 is 0.444 bits per heavy atom. The summed E-state index contributed by atoms with van der Waals surface area (Å²) in [7, 11) is 0. The van der Waals surface area contributed by atoms with E-state index in [9.17, 15) is 19.2 Å². The van der Waals surface area contributed by atoms with E-state index in [2.05, 4.69) is 42.5 Å². The van der Waals surface area contributed by atoms with E-state index in [1.807, 2.05) is 0 Å². The van der Waals surface area contributed by atoms with Gasteiger partial charge in [-0.25, -0.2) is 38.4 Å². The van der Waals surface area contributed by atoms with Crippen molar-refractivity contribution < 1.29 is 83.2 Å². The molecule has 8 aliphatic rings. The highest BCUT2D eigenvalue weighted by Crippen LogP contribution is 2.22. The molecule has 0 spiro atoms. The van der Waals surface area contributed by atoms with Crippen LogP contribution >= 0.6 is 0 Å². The average Bonchev–Trinajstić information content (AvgIpc) is 3.48. The average molecular weight is 1160 g/mol. The molecule has 81 heavy (non-hydrogen) atoms. The summed E-state index contributed by atoms with van der Waals surface area (Å²) in [4.78, 5) is 82.8. The van der Waals surface area contributed by atoms with Crippen molar-refractivity contribution in [2.75, 3.05) is 78.8 Å². The highest BCUT2D eigenvalue weighted by atomic mass is 16.6. The second-order valence-electron chi connectivity index (χ2n) is 22.3. The summed E-state index contributed by atoms with van der Waals surface area (Å²) in [6, 6.07) is 1.40. The predicted octanol–water partition coefficient (Wildman–Crippen LogP) is 5.67. The normalized spacial score (nSPS) is 20.6. The number of piperidine rings is 4. The van der Waals surface area contributed by atoms with E-state index in [-0.39, 0.29) is 29.8 Å². The predicted molar refractivity (Wildman–Crippen MR) is 302 cm³/mol. The first-order valence-electron chi connectivity index (χ1n) is 30.1. The molecule has 0 unspecified atom stereocenters. The lowest BCUT2D eigenvalue weighted by atomic mass is 9.96. The molecule has 4 amide bonds. The van der Waals surface area contributed by atoms with E-state index in [1.54, 1.807) is 0 Å². The standard InChI is InChI=1S/4C13H24N2O2.2C2H2O4.H2O/c4*16-13(15-12-4-2-1-3-5-12)17-10-11-6-8-14-9-7-11;2*3-1(4)2(5)6;/h4*11-12,14H,1-10H2,(H,15,16);2*(H,3,4)(H,5,6);1H2. The van der Waals surface area contributed by atoms with Crippen molar-refractivity contribution in [3.8, 4) is 0 Å². The molecule has 8 rings (SSSR count). The van der Waals surface area contributed by atoms with Crippen molar-refractivity contribution in [2.24, 2.45) is 23.7 Å². The number of hydrogen-bond donors (Lipinski definition) is 12. The highest BCUT2D eigenvalue weighted by Gasteiger charge is 2.23. The smallest absolute Gasteiger partial charge is 0.414 e. The highest BCUT2D eigenvalue weighted by molar-refractivity contribution is 6.27. The maximum absolute atomic E-state index is 11.6. The molecule has 0 atom stereocenters. The summed E-state index contributed by atoms with van der Waals surface area (Å²) in [6.45, 7) is 10.8. The molecular weight excluding hydrogens is 1060 g/mol. The van der Waals surface area contributed by atoms with Gasteiger partial charge in [0.15, 0.2) is 0 Å². The summed E-state index contributed by atoms with van der Waals surface area (Å²) >= 11 is 0. The van der Waals surface area contributed by atoms with E-state index in [4.69, 9.17) is 58.6 Å². The molecule has 4 aliphatic heterocycles. The molecule has 4 saturated heterocycles. The molecule has 468 valence electrons. The number of carbonyl (C=O) groups is 8. The Balaban J connectivity index is 0.000000344. The van der Waals surface area contributed by atoms with Gasteiger partial charge in [-0.3, -0.25) is 0 Å². The van der Waals surface area contributed by atoms with Gasteiger partial charge in [0.2, 0.25) is 0 Å². The number of aliphatic carboxylic acids is 4. The van der Waals surface area contributed by atoms with Crippen LogP contribution in [0.3, 0.4) is 0 Å². The Bertz CT molecular complexity index is 1490. The van der Waals surface area contributed by atoms with Crippen molar-refractivity contribution in [1.29, 1.82) is 0 Å². The van der Waals surface area contributed by atoms with Gasteiger partial charge in [-0.2, -0.15) is 0 Å². The Hall–Kier alpha value is -5.24. The Morgan fingerprint density at radius 1 is 0.284 bits per heavy atom. The van der Waals surface area contributed by atoms with Crippen LogP contribution in [0.2, 0.25) is 0 Å². The van der Waals surface area contributed by atoms with Crippen LogP contribution in [-0.4, -0.2) is 177 Å². The first-order chi connectivity index (χ1) is 38.7. The van der Waals surface area contributed by atoms with Crippen molar-refractivity contribution >= 4 is 48.3 Å². The van der Waals surface area contributed by atoms with Crippen molar-refractivity contribution in [2.45, 2.75) is 204 Å². The third-order valence-electron chi connectivity index (χ3n) is 15.7. The summed E-state index contributed by atoms with van der Waals surface area (Å²) in [6.07, 6.45) is 32.1. The van der Waals surface area contributed by atoms with Crippen LogP contribution in [0.1, 0.15) is 180 Å². The van der Waals surface area contributed by atoms with Gasteiger partial charge >= 0.3 is 48.3 Å². The summed E-state index contributed by atoms with van der Waals surface area (Å²) in [5.74, 6) is -5.10. The summed E-state index contributed by atoms with van der Waals surface area (Å²) in [5.41, 5.74) is 0. The Kier molecular flexibility index (Phi) is 40.2.